The number of hydrogen-bond acceptors (Lipinski definition) is 3. The van der Waals surface area contributed by atoms with Crippen molar-refractivity contribution in [3.05, 3.63) is 36.4 Å². The Morgan fingerprint density at radius 1 is 1.41 bits per heavy atom. The van der Waals surface area contributed by atoms with Gasteiger partial charge in [0, 0.05) is 43.8 Å². The van der Waals surface area contributed by atoms with Crippen molar-refractivity contribution in [3.8, 4) is 0 Å². The maximum Gasteiger partial charge on any atom is 0.0537 e. The van der Waals surface area contributed by atoms with Crippen LogP contribution >= 0.6 is 0 Å². The van der Waals surface area contributed by atoms with Crippen LogP contribution in [0.3, 0.4) is 0 Å². The van der Waals surface area contributed by atoms with E-state index in [2.05, 4.69) is 22.4 Å². The van der Waals surface area contributed by atoms with Gasteiger partial charge in [0.05, 0.1) is 6.20 Å². The van der Waals surface area contributed by atoms with Crippen LogP contribution in [0.2, 0.25) is 0 Å². The van der Waals surface area contributed by atoms with Crippen molar-refractivity contribution in [1.29, 1.82) is 0 Å². The van der Waals surface area contributed by atoms with E-state index in [0.717, 1.165) is 19.5 Å². The largest absolute Gasteiger partial charge is 0.310 e. The molecule has 1 unspecified atom stereocenters. The van der Waals surface area contributed by atoms with Gasteiger partial charge in [-0.05, 0) is 26.0 Å². The molecule has 0 spiro atoms. The summed E-state index contributed by atoms with van der Waals surface area (Å²) in [6.07, 6.45) is 8.83. The molecule has 5 heteroatoms. The summed E-state index contributed by atoms with van der Waals surface area (Å²) in [4.78, 5) is 0. The number of aromatic nitrogens is 4. The Kier molecular flexibility index (Phi) is 3.93. The van der Waals surface area contributed by atoms with E-state index in [-0.39, 0.29) is 0 Å². The van der Waals surface area contributed by atoms with Gasteiger partial charge in [-0.25, -0.2) is 0 Å². The van der Waals surface area contributed by atoms with Crippen LogP contribution in [0.25, 0.3) is 0 Å². The molecule has 0 radical (unpaired) electrons. The van der Waals surface area contributed by atoms with E-state index in [9.17, 15) is 0 Å². The van der Waals surface area contributed by atoms with Gasteiger partial charge < -0.3 is 5.32 Å². The Bertz CT molecular complexity index is 431. The van der Waals surface area contributed by atoms with Crippen LogP contribution in [0.1, 0.15) is 24.9 Å². The first kappa shape index (κ1) is 11.9. The molecule has 0 saturated carbocycles. The minimum absolute atomic E-state index is 0.348. The summed E-state index contributed by atoms with van der Waals surface area (Å²) < 4.78 is 3.79. The maximum atomic E-state index is 4.17. The fourth-order valence-corrected chi connectivity index (χ4v) is 1.77. The van der Waals surface area contributed by atoms with E-state index in [0.29, 0.717) is 6.04 Å². The van der Waals surface area contributed by atoms with Crippen LogP contribution < -0.4 is 5.32 Å². The minimum Gasteiger partial charge on any atom is -0.310 e. The molecule has 1 atom stereocenters. The second-order valence-corrected chi connectivity index (χ2v) is 4.25. The standard InChI is InChI=1S/C12H19N5/c1-11(12-9-15-16(2)10-12)13-5-3-7-17-8-4-6-14-17/h4,6,8-11,13H,3,5,7H2,1-2H3. The predicted octanol–water partition coefficient (Wildman–Crippen LogP) is 1.36. The lowest BCUT2D eigenvalue weighted by atomic mass is 10.2. The van der Waals surface area contributed by atoms with E-state index < -0.39 is 0 Å². The average molecular weight is 233 g/mol. The molecule has 0 amide bonds. The number of nitrogens with one attached hydrogen (secondary N) is 1. The van der Waals surface area contributed by atoms with Crippen molar-refractivity contribution in [2.75, 3.05) is 6.54 Å². The van der Waals surface area contributed by atoms with Crippen LogP contribution in [-0.4, -0.2) is 26.1 Å². The summed E-state index contributed by atoms with van der Waals surface area (Å²) >= 11 is 0. The van der Waals surface area contributed by atoms with Gasteiger partial charge in [0.15, 0.2) is 0 Å². The maximum absolute atomic E-state index is 4.17. The van der Waals surface area contributed by atoms with Crippen molar-refractivity contribution < 1.29 is 0 Å². The summed E-state index contributed by atoms with van der Waals surface area (Å²) in [6, 6.07) is 2.30. The molecule has 2 rings (SSSR count). The zero-order valence-electron chi connectivity index (χ0n) is 10.4. The fourth-order valence-electron chi connectivity index (χ4n) is 1.77. The Morgan fingerprint density at radius 3 is 2.94 bits per heavy atom. The van der Waals surface area contributed by atoms with Crippen LogP contribution in [0.4, 0.5) is 0 Å². The Labute approximate surface area is 101 Å². The third-order valence-corrected chi connectivity index (χ3v) is 2.80. The van der Waals surface area contributed by atoms with Crippen molar-refractivity contribution in [2.24, 2.45) is 7.05 Å². The Balaban J connectivity index is 1.68. The smallest absolute Gasteiger partial charge is 0.0537 e. The molecule has 0 aliphatic rings. The molecule has 5 nitrogen and oxygen atoms in total. The van der Waals surface area contributed by atoms with Crippen LogP contribution in [-0.2, 0) is 13.6 Å². The molecule has 0 aliphatic heterocycles. The molecule has 17 heavy (non-hydrogen) atoms. The highest BCUT2D eigenvalue weighted by molar-refractivity contribution is 5.08. The van der Waals surface area contributed by atoms with Crippen molar-refractivity contribution in [2.45, 2.75) is 25.9 Å². The zero-order chi connectivity index (χ0) is 12.1. The molecule has 0 fully saturated rings. The van der Waals surface area contributed by atoms with Gasteiger partial charge in [0.2, 0.25) is 0 Å². The molecule has 2 aromatic heterocycles. The van der Waals surface area contributed by atoms with E-state index in [1.54, 1.807) is 0 Å². The molecule has 2 aromatic rings. The second kappa shape index (κ2) is 5.63. The third kappa shape index (κ3) is 3.42. The van der Waals surface area contributed by atoms with Crippen LogP contribution in [0.15, 0.2) is 30.9 Å². The molecule has 0 saturated heterocycles. The van der Waals surface area contributed by atoms with Gasteiger partial charge in [-0.15, -0.1) is 0 Å². The van der Waals surface area contributed by atoms with Gasteiger partial charge in [-0.1, -0.05) is 0 Å². The molecule has 0 aliphatic carbocycles. The highest BCUT2D eigenvalue weighted by atomic mass is 15.3. The van der Waals surface area contributed by atoms with E-state index in [4.69, 9.17) is 0 Å². The first-order chi connectivity index (χ1) is 8.25. The Hall–Kier alpha value is -1.62. The highest BCUT2D eigenvalue weighted by Gasteiger charge is 2.05. The number of hydrogen-bond donors (Lipinski definition) is 1. The molecule has 0 bridgehead atoms. The molecular weight excluding hydrogens is 214 g/mol. The van der Waals surface area contributed by atoms with Crippen molar-refractivity contribution >= 4 is 0 Å². The lowest BCUT2D eigenvalue weighted by Crippen LogP contribution is -2.20. The lowest BCUT2D eigenvalue weighted by Gasteiger charge is -2.11. The Morgan fingerprint density at radius 2 is 2.29 bits per heavy atom. The molecule has 92 valence electrons. The van der Waals surface area contributed by atoms with Gasteiger partial charge in [-0.2, -0.15) is 10.2 Å². The summed E-state index contributed by atoms with van der Waals surface area (Å²) in [5.74, 6) is 0. The minimum atomic E-state index is 0.348. The molecule has 0 aromatic carbocycles. The fraction of sp³-hybridized carbons (Fsp3) is 0.500. The molecule has 2 heterocycles. The third-order valence-electron chi connectivity index (χ3n) is 2.80. The van der Waals surface area contributed by atoms with Crippen LogP contribution in [0, 0.1) is 0 Å². The first-order valence-corrected chi connectivity index (χ1v) is 5.95. The van der Waals surface area contributed by atoms with Crippen LogP contribution in [0.5, 0.6) is 0 Å². The van der Waals surface area contributed by atoms with Crippen molar-refractivity contribution in [3.63, 3.8) is 0 Å². The average Bonchev–Trinajstić information content (AvgIpc) is 2.95. The molecular formula is C12H19N5. The van der Waals surface area contributed by atoms with Gasteiger partial charge >= 0.3 is 0 Å². The number of rotatable bonds is 6. The zero-order valence-corrected chi connectivity index (χ0v) is 10.4. The monoisotopic (exact) mass is 233 g/mol. The molecule has 1 N–H and O–H groups in total. The number of aryl methyl sites for hydroxylation is 2. The van der Waals surface area contributed by atoms with E-state index >= 15 is 0 Å². The van der Waals surface area contributed by atoms with Gasteiger partial charge in [0.1, 0.15) is 0 Å². The normalized spacial score (nSPS) is 12.8. The predicted molar refractivity (Wildman–Crippen MR) is 66.5 cm³/mol. The topological polar surface area (TPSA) is 47.7 Å². The van der Waals surface area contributed by atoms with E-state index in [1.165, 1.54) is 5.56 Å². The second-order valence-electron chi connectivity index (χ2n) is 4.25. The summed E-state index contributed by atoms with van der Waals surface area (Å²) in [7, 11) is 1.94. The van der Waals surface area contributed by atoms with Crippen molar-refractivity contribution in [1.82, 2.24) is 24.9 Å². The quantitative estimate of drug-likeness (QED) is 0.766. The number of nitrogens with zero attached hydrogens (tertiary/aromatic N) is 4. The van der Waals surface area contributed by atoms with Gasteiger partial charge in [0.25, 0.3) is 0 Å². The van der Waals surface area contributed by atoms with E-state index in [1.807, 2.05) is 47.3 Å². The van der Waals surface area contributed by atoms with Gasteiger partial charge in [-0.3, -0.25) is 9.36 Å². The lowest BCUT2D eigenvalue weighted by molar-refractivity contribution is 0.507. The summed E-state index contributed by atoms with van der Waals surface area (Å²) in [6.45, 7) is 4.10. The summed E-state index contributed by atoms with van der Waals surface area (Å²) in [5.41, 5.74) is 1.23. The summed E-state index contributed by atoms with van der Waals surface area (Å²) in [5, 5.41) is 11.8. The first-order valence-electron chi connectivity index (χ1n) is 5.95. The highest BCUT2D eigenvalue weighted by Crippen LogP contribution is 2.09. The SMILES string of the molecule is CC(NCCCn1cccn1)c1cnn(C)c1.